The van der Waals surface area contributed by atoms with Crippen molar-refractivity contribution in [3.05, 3.63) is 57.0 Å². The van der Waals surface area contributed by atoms with E-state index in [4.69, 9.17) is 9.47 Å². The number of benzene rings is 1. The number of carbonyl (C=O) groups is 1. The molecule has 1 aliphatic rings. The Hall–Kier alpha value is -1.80. The van der Waals surface area contributed by atoms with Gasteiger partial charge in [0.2, 0.25) is 0 Å². The number of hydrogen-bond acceptors (Lipinski definition) is 5. The molecule has 1 amide bonds. The van der Waals surface area contributed by atoms with E-state index in [1.807, 2.05) is 11.4 Å². The van der Waals surface area contributed by atoms with E-state index in [2.05, 4.69) is 10.6 Å². The molecule has 1 aliphatic heterocycles. The van der Waals surface area contributed by atoms with Crippen LogP contribution in [0.4, 0.5) is 4.39 Å². The van der Waals surface area contributed by atoms with Gasteiger partial charge in [-0.25, -0.2) is 4.39 Å². The van der Waals surface area contributed by atoms with E-state index in [9.17, 15) is 9.18 Å². The minimum absolute atomic E-state index is 0.265. The monoisotopic (exact) mass is 364 g/mol. The highest BCUT2D eigenvalue weighted by Crippen LogP contribution is 2.29. The molecule has 0 aliphatic carbocycles. The fourth-order valence-corrected chi connectivity index (χ4v) is 3.41. The number of thiophene rings is 1. The van der Waals surface area contributed by atoms with Crippen molar-refractivity contribution < 1.29 is 18.7 Å². The van der Waals surface area contributed by atoms with Crippen LogP contribution in [0.3, 0.4) is 0 Å². The highest BCUT2D eigenvalue weighted by atomic mass is 32.1. The van der Waals surface area contributed by atoms with Crippen LogP contribution < -0.4 is 10.6 Å². The van der Waals surface area contributed by atoms with E-state index in [0.717, 1.165) is 5.56 Å². The Bertz CT molecular complexity index is 729. The second kappa shape index (κ2) is 8.53. The molecule has 0 radical (unpaired) electrons. The molecule has 3 rings (SSSR count). The maximum Gasteiger partial charge on any atom is 0.251 e. The van der Waals surface area contributed by atoms with Crippen LogP contribution in [0, 0.1) is 12.7 Å². The van der Waals surface area contributed by atoms with Crippen molar-refractivity contribution >= 4 is 17.2 Å². The molecule has 2 heterocycles. The first-order chi connectivity index (χ1) is 12.1. The van der Waals surface area contributed by atoms with Crippen LogP contribution in [0.25, 0.3) is 0 Å². The van der Waals surface area contributed by atoms with Crippen LogP contribution >= 0.6 is 11.3 Å². The molecular weight excluding hydrogens is 343 g/mol. The van der Waals surface area contributed by atoms with Crippen LogP contribution in [-0.4, -0.2) is 32.2 Å². The summed E-state index contributed by atoms with van der Waals surface area (Å²) in [5, 5.41) is 8.09. The molecule has 134 valence electrons. The normalized spacial score (nSPS) is 14.8. The second-order valence-corrected chi connectivity index (χ2v) is 6.77. The van der Waals surface area contributed by atoms with E-state index in [1.54, 1.807) is 30.4 Å². The predicted molar refractivity (Wildman–Crippen MR) is 94.1 cm³/mol. The standard InChI is InChI=1S/C18H21FN2O3S/c1-12-2-3-13(10-15(12)19)17(22)21-6-5-20-11-16-14(4-9-25-16)18-23-7-8-24-18/h2-4,9-10,18,20H,5-8,11H2,1H3,(H,21,22). The van der Waals surface area contributed by atoms with E-state index >= 15 is 0 Å². The van der Waals surface area contributed by atoms with Gasteiger partial charge in [0, 0.05) is 35.6 Å². The van der Waals surface area contributed by atoms with Gasteiger partial charge in [0.05, 0.1) is 13.2 Å². The summed E-state index contributed by atoms with van der Waals surface area (Å²) in [7, 11) is 0. The summed E-state index contributed by atoms with van der Waals surface area (Å²) in [6.45, 7) is 4.68. The lowest BCUT2D eigenvalue weighted by Crippen LogP contribution is -2.31. The number of aryl methyl sites for hydroxylation is 1. The van der Waals surface area contributed by atoms with Gasteiger partial charge in [0.25, 0.3) is 5.91 Å². The number of ether oxygens (including phenoxy) is 2. The third-order valence-electron chi connectivity index (χ3n) is 3.96. The van der Waals surface area contributed by atoms with Crippen molar-refractivity contribution in [3.63, 3.8) is 0 Å². The highest BCUT2D eigenvalue weighted by molar-refractivity contribution is 7.10. The molecule has 0 unspecified atom stereocenters. The van der Waals surface area contributed by atoms with E-state index in [0.29, 0.717) is 44.0 Å². The Kier molecular flexibility index (Phi) is 6.14. The number of hydrogen-bond donors (Lipinski definition) is 2. The Morgan fingerprint density at radius 3 is 2.84 bits per heavy atom. The molecule has 2 aromatic rings. The summed E-state index contributed by atoms with van der Waals surface area (Å²) in [4.78, 5) is 13.2. The van der Waals surface area contributed by atoms with Crippen molar-refractivity contribution in [2.24, 2.45) is 0 Å². The number of nitrogens with one attached hydrogen (secondary N) is 2. The molecule has 0 saturated carbocycles. The minimum atomic E-state index is -0.368. The average Bonchev–Trinajstić information content (AvgIpc) is 3.27. The minimum Gasteiger partial charge on any atom is -0.351 e. The summed E-state index contributed by atoms with van der Waals surface area (Å²) in [5.74, 6) is -0.641. The largest absolute Gasteiger partial charge is 0.351 e. The van der Waals surface area contributed by atoms with Crippen molar-refractivity contribution in [3.8, 4) is 0 Å². The second-order valence-electron chi connectivity index (χ2n) is 5.77. The molecular formula is C18H21FN2O3S. The molecule has 0 bridgehead atoms. The van der Waals surface area contributed by atoms with Gasteiger partial charge in [0.15, 0.2) is 6.29 Å². The van der Waals surface area contributed by atoms with Crippen molar-refractivity contribution in [1.82, 2.24) is 10.6 Å². The van der Waals surface area contributed by atoms with Gasteiger partial charge >= 0.3 is 0 Å². The van der Waals surface area contributed by atoms with Gasteiger partial charge in [-0.2, -0.15) is 0 Å². The Balaban J connectivity index is 1.41. The first kappa shape index (κ1) is 18.0. The molecule has 1 fully saturated rings. The van der Waals surface area contributed by atoms with Crippen LogP contribution in [0.2, 0.25) is 0 Å². The topological polar surface area (TPSA) is 59.6 Å². The van der Waals surface area contributed by atoms with E-state index < -0.39 is 0 Å². The zero-order valence-electron chi connectivity index (χ0n) is 14.0. The third-order valence-corrected chi connectivity index (χ3v) is 4.90. The van der Waals surface area contributed by atoms with Gasteiger partial charge in [-0.3, -0.25) is 4.79 Å². The van der Waals surface area contributed by atoms with Crippen LogP contribution in [0.15, 0.2) is 29.6 Å². The first-order valence-corrected chi connectivity index (χ1v) is 9.07. The van der Waals surface area contributed by atoms with E-state index in [1.165, 1.54) is 10.9 Å². The fourth-order valence-electron chi connectivity index (χ4n) is 2.54. The zero-order valence-corrected chi connectivity index (χ0v) is 14.8. The Morgan fingerprint density at radius 2 is 2.08 bits per heavy atom. The molecule has 0 spiro atoms. The van der Waals surface area contributed by atoms with Crippen LogP contribution in [0.1, 0.15) is 32.7 Å². The van der Waals surface area contributed by atoms with Crippen LogP contribution in [0.5, 0.6) is 0 Å². The molecule has 7 heteroatoms. The quantitative estimate of drug-likeness (QED) is 0.742. The Morgan fingerprint density at radius 1 is 1.28 bits per heavy atom. The first-order valence-electron chi connectivity index (χ1n) is 8.19. The van der Waals surface area contributed by atoms with Crippen molar-refractivity contribution in [2.45, 2.75) is 19.8 Å². The summed E-state index contributed by atoms with van der Waals surface area (Å²) in [6.07, 6.45) is -0.265. The maximum atomic E-state index is 13.5. The number of carbonyl (C=O) groups excluding carboxylic acids is 1. The molecule has 2 N–H and O–H groups in total. The summed E-state index contributed by atoms with van der Waals surface area (Å²) >= 11 is 1.65. The predicted octanol–water partition coefficient (Wildman–Crippen LogP) is 2.76. The number of halogens is 1. The Labute approximate surface area is 150 Å². The van der Waals surface area contributed by atoms with Gasteiger partial charge < -0.3 is 20.1 Å². The lowest BCUT2D eigenvalue weighted by atomic mass is 10.1. The highest BCUT2D eigenvalue weighted by Gasteiger charge is 2.21. The fraction of sp³-hybridized carbons (Fsp3) is 0.389. The smallest absolute Gasteiger partial charge is 0.251 e. The summed E-state index contributed by atoms with van der Waals surface area (Å²) in [6, 6.07) is 6.51. The van der Waals surface area contributed by atoms with Crippen molar-refractivity contribution in [2.75, 3.05) is 26.3 Å². The van der Waals surface area contributed by atoms with Crippen LogP contribution in [-0.2, 0) is 16.0 Å². The van der Waals surface area contributed by atoms with Gasteiger partial charge in [-0.15, -0.1) is 11.3 Å². The number of rotatable bonds is 7. The lowest BCUT2D eigenvalue weighted by Gasteiger charge is -2.11. The SMILES string of the molecule is Cc1ccc(C(=O)NCCNCc2sccc2C2OCCO2)cc1F. The summed E-state index contributed by atoms with van der Waals surface area (Å²) in [5.41, 5.74) is 1.92. The molecule has 1 aromatic heterocycles. The van der Waals surface area contributed by atoms with Crippen molar-refractivity contribution in [1.29, 1.82) is 0 Å². The third kappa shape index (κ3) is 4.64. The van der Waals surface area contributed by atoms with Gasteiger partial charge in [-0.05, 0) is 36.1 Å². The molecule has 5 nitrogen and oxygen atoms in total. The number of amides is 1. The van der Waals surface area contributed by atoms with Gasteiger partial charge in [0.1, 0.15) is 5.82 Å². The summed E-state index contributed by atoms with van der Waals surface area (Å²) < 4.78 is 24.6. The average molecular weight is 364 g/mol. The molecule has 1 aromatic carbocycles. The van der Waals surface area contributed by atoms with Gasteiger partial charge in [-0.1, -0.05) is 6.07 Å². The molecule has 1 saturated heterocycles. The zero-order chi connectivity index (χ0) is 17.6. The molecule has 0 atom stereocenters. The molecule has 25 heavy (non-hydrogen) atoms. The van der Waals surface area contributed by atoms with E-state index in [-0.39, 0.29) is 18.0 Å². The lowest BCUT2D eigenvalue weighted by molar-refractivity contribution is -0.0444. The maximum absolute atomic E-state index is 13.5.